The van der Waals surface area contributed by atoms with Crippen molar-refractivity contribution in [2.24, 2.45) is 5.10 Å². The number of aryl methyl sites for hydroxylation is 3. The molecule has 0 saturated heterocycles. The topological polar surface area (TPSA) is 101 Å². The van der Waals surface area contributed by atoms with Crippen LogP contribution in [0.1, 0.15) is 22.8 Å². The van der Waals surface area contributed by atoms with Crippen molar-refractivity contribution in [3.63, 3.8) is 0 Å². The summed E-state index contributed by atoms with van der Waals surface area (Å²) >= 11 is 0. The zero-order valence-electron chi connectivity index (χ0n) is 13.0. The van der Waals surface area contributed by atoms with E-state index in [1.165, 1.54) is 12.1 Å². The van der Waals surface area contributed by atoms with Gasteiger partial charge in [-0.2, -0.15) is 14.9 Å². The first-order valence-corrected chi connectivity index (χ1v) is 6.97. The molecular weight excluding hydrogens is 296 g/mol. The molecule has 0 aliphatic carbocycles. The van der Waals surface area contributed by atoms with Crippen molar-refractivity contribution in [1.82, 2.24) is 24.7 Å². The van der Waals surface area contributed by atoms with Crippen LogP contribution in [0.2, 0.25) is 0 Å². The molecule has 0 saturated carbocycles. The predicted molar refractivity (Wildman–Crippen MR) is 84.1 cm³/mol. The van der Waals surface area contributed by atoms with Crippen molar-refractivity contribution in [3.05, 3.63) is 47.0 Å². The highest BCUT2D eigenvalue weighted by molar-refractivity contribution is 5.80. The average molecular weight is 312 g/mol. The molecule has 1 aromatic carbocycles. The Hall–Kier alpha value is -3.16. The maximum absolute atomic E-state index is 9.53. The van der Waals surface area contributed by atoms with Gasteiger partial charge in [-0.3, -0.25) is 0 Å². The van der Waals surface area contributed by atoms with Crippen LogP contribution in [0, 0.1) is 20.8 Å². The van der Waals surface area contributed by atoms with Gasteiger partial charge in [-0.15, -0.1) is 10.2 Å². The average Bonchev–Trinajstić information content (AvgIpc) is 3.02. The van der Waals surface area contributed by atoms with Crippen molar-refractivity contribution in [2.45, 2.75) is 20.8 Å². The molecule has 2 N–H and O–H groups in total. The molecule has 2 aromatic heterocycles. The first kappa shape index (κ1) is 14.8. The molecule has 0 atom stereocenters. The van der Waals surface area contributed by atoms with Gasteiger partial charge >= 0.3 is 0 Å². The fourth-order valence-electron chi connectivity index (χ4n) is 2.19. The Labute approximate surface area is 132 Å². The normalized spacial score (nSPS) is 11.4. The van der Waals surface area contributed by atoms with E-state index in [4.69, 9.17) is 0 Å². The fourth-order valence-corrected chi connectivity index (χ4v) is 2.19. The van der Waals surface area contributed by atoms with Crippen LogP contribution in [-0.4, -0.2) is 41.1 Å². The largest absolute Gasteiger partial charge is 0.504 e. The zero-order valence-corrected chi connectivity index (χ0v) is 13.0. The van der Waals surface area contributed by atoms with Crippen LogP contribution in [0.15, 0.2) is 29.4 Å². The fraction of sp³-hybridized carbons (Fsp3) is 0.200. The van der Waals surface area contributed by atoms with Crippen LogP contribution in [-0.2, 0) is 0 Å². The van der Waals surface area contributed by atoms with Crippen LogP contribution in [0.4, 0.5) is 0 Å². The quantitative estimate of drug-likeness (QED) is 0.566. The Morgan fingerprint density at radius 3 is 2.48 bits per heavy atom. The number of nitrogens with zero attached hydrogens (tertiary/aromatic N) is 6. The van der Waals surface area contributed by atoms with E-state index >= 15 is 0 Å². The third-order valence-electron chi connectivity index (χ3n) is 3.30. The Balaban J connectivity index is 2.00. The van der Waals surface area contributed by atoms with Gasteiger partial charge in [-0.25, -0.2) is 4.68 Å². The summed E-state index contributed by atoms with van der Waals surface area (Å²) in [6.07, 6.45) is 1.55. The van der Waals surface area contributed by atoms with Crippen molar-refractivity contribution < 1.29 is 10.2 Å². The van der Waals surface area contributed by atoms with Gasteiger partial charge in [-0.05, 0) is 50.6 Å². The number of rotatable bonds is 3. The van der Waals surface area contributed by atoms with Gasteiger partial charge in [0.15, 0.2) is 17.3 Å². The smallest absolute Gasteiger partial charge is 0.273 e. The van der Waals surface area contributed by atoms with Gasteiger partial charge in [0.25, 0.3) is 5.95 Å². The molecule has 0 unspecified atom stereocenters. The number of benzene rings is 1. The third-order valence-corrected chi connectivity index (χ3v) is 3.30. The van der Waals surface area contributed by atoms with Gasteiger partial charge in [0, 0.05) is 5.69 Å². The van der Waals surface area contributed by atoms with Crippen LogP contribution in [0.5, 0.6) is 11.5 Å². The van der Waals surface area contributed by atoms with Gasteiger partial charge in [0.1, 0.15) is 0 Å². The van der Waals surface area contributed by atoms with Crippen molar-refractivity contribution in [3.8, 4) is 17.4 Å². The molecule has 0 bridgehead atoms. The Morgan fingerprint density at radius 2 is 1.83 bits per heavy atom. The summed E-state index contributed by atoms with van der Waals surface area (Å²) in [7, 11) is 0. The van der Waals surface area contributed by atoms with Crippen LogP contribution in [0.3, 0.4) is 0 Å². The minimum atomic E-state index is -0.201. The maximum Gasteiger partial charge on any atom is 0.273 e. The predicted octanol–water partition coefficient (Wildman–Crippen LogP) is 1.68. The number of hydrogen-bond acceptors (Lipinski definition) is 6. The molecule has 0 fully saturated rings. The molecule has 3 rings (SSSR count). The Kier molecular flexibility index (Phi) is 3.57. The number of aromatic hydroxyl groups is 2. The number of phenols is 2. The molecule has 0 aliphatic heterocycles. The third kappa shape index (κ3) is 2.78. The van der Waals surface area contributed by atoms with E-state index in [1.807, 2.05) is 19.9 Å². The van der Waals surface area contributed by atoms with Gasteiger partial charge in [0.2, 0.25) is 0 Å². The lowest BCUT2D eigenvalue weighted by molar-refractivity contribution is 0.403. The molecule has 3 aromatic rings. The van der Waals surface area contributed by atoms with Crippen molar-refractivity contribution in [1.29, 1.82) is 0 Å². The summed E-state index contributed by atoms with van der Waals surface area (Å²) in [6, 6.07) is 6.40. The highest BCUT2D eigenvalue weighted by Gasteiger charge is 2.13. The zero-order chi connectivity index (χ0) is 16.6. The molecule has 8 heteroatoms. The highest BCUT2D eigenvalue weighted by atomic mass is 16.3. The number of aromatic nitrogens is 5. The second-order valence-electron chi connectivity index (χ2n) is 5.19. The lowest BCUT2D eigenvalue weighted by Gasteiger charge is -2.04. The Bertz CT molecular complexity index is 894. The molecule has 8 nitrogen and oxygen atoms in total. The van der Waals surface area contributed by atoms with E-state index in [0.717, 1.165) is 11.4 Å². The molecule has 2 heterocycles. The minimum Gasteiger partial charge on any atom is -0.504 e. The van der Waals surface area contributed by atoms with Crippen LogP contribution < -0.4 is 0 Å². The Morgan fingerprint density at radius 1 is 1.04 bits per heavy atom. The molecule has 23 heavy (non-hydrogen) atoms. The second kappa shape index (κ2) is 5.56. The van der Waals surface area contributed by atoms with E-state index in [2.05, 4.69) is 20.4 Å². The summed E-state index contributed by atoms with van der Waals surface area (Å²) in [6.45, 7) is 5.61. The number of phenolic OH excluding ortho intramolecular Hbond substituents is 2. The first-order chi connectivity index (χ1) is 11.0. The van der Waals surface area contributed by atoms with Crippen LogP contribution in [0.25, 0.3) is 5.95 Å². The van der Waals surface area contributed by atoms with E-state index in [1.54, 1.807) is 28.6 Å². The summed E-state index contributed by atoms with van der Waals surface area (Å²) in [5.41, 5.74) is 2.43. The van der Waals surface area contributed by atoms with Gasteiger partial charge in [0.05, 0.1) is 11.9 Å². The maximum atomic E-state index is 9.53. The molecule has 0 amide bonds. The van der Waals surface area contributed by atoms with E-state index < -0.39 is 0 Å². The van der Waals surface area contributed by atoms with E-state index in [9.17, 15) is 10.2 Å². The lowest BCUT2D eigenvalue weighted by Crippen LogP contribution is -2.07. The highest BCUT2D eigenvalue weighted by Crippen LogP contribution is 2.24. The summed E-state index contributed by atoms with van der Waals surface area (Å²) in [5, 5.41) is 35.7. The summed E-state index contributed by atoms with van der Waals surface area (Å²) < 4.78 is 3.23. The molecule has 0 spiro atoms. The molecule has 118 valence electrons. The van der Waals surface area contributed by atoms with Gasteiger partial charge < -0.3 is 10.2 Å². The molecule has 0 radical (unpaired) electrons. The minimum absolute atomic E-state index is 0.175. The number of hydrogen-bond donors (Lipinski definition) is 2. The van der Waals surface area contributed by atoms with Gasteiger partial charge in [-0.1, -0.05) is 0 Å². The summed E-state index contributed by atoms with van der Waals surface area (Å²) in [4.78, 5) is 0. The van der Waals surface area contributed by atoms with E-state index in [0.29, 0.717) is 17.3 Å². The molecule has 0 aliphatic rings. The monoisotopic (exact) mass is 312 g/mol. The van der Waals surface area contributed by atoms with Crippen molar-refractivity contribution >= 4 is 6.21 Å². The lowest BCUT2D eigenvalue weighted by atomic mass is 10.2. The second-order valence-corrected chi connectivity index (χ2v) is 5.19. The van der Waals surface area contributed by atoms with Crippen LogP contribution >= 0.6 is 0 Å². The summed E-state index contributed by atoms with van der Waals surface area (Å²) in [5.74, 6) is 0.707. The first-order valence-electron chi connectivity index (χ1n) is 6.97. The van der Waals surface area contributed by atoms with Crippen molar-refractivity contribution in [2.75, 3.05) is 0 Å². The molecular formula is C15H16N6O2. The standard InChI is InChI=1S/C15H16N6O2/c1-9-6-10(2)20(19-9)15-18-17-11(3)21(15)16-8-12-4-5-13(22)14(23)7-12/h4-8,22-23H,1-3H3/b16-8-. The SMILES string of the molecule is Cc1cc(C)n(-c2nnc(C)n2/N=C\c2ccc(O)c(O)c2)n1. The van der Waals surface area contributed by atoms with E-state index in [-0.39, 0.29) is 11.5 Å².